The molecule has 1 heterocycles. The van der Waals surface area contributed by atoms with Crippen LogP contribution in [0.3, 0.4) is 0 Å². The van der Waals surface area contributed by atoms with Gasteiger partial charge in [-0.1, -0.05) is 158 Å². The Morgan fingerprint density at radius 1 is 0.404 bits per heavy atom. The van der Waals surface area contributed by atoms with Crippen molar-refractivity contribution in [1.29, 1.82) is 0 Å². The Morgan fingerprint density at radius 2 is 0.766 bits per heavy atom. The lowest BCUT2D eigenvalue weighted by atomic mass is 9.81. The van der Waals surface area contributed by atoms with Gasteiger partial charge >= 0.3 is 0 Å². The molecule has 0 bridgehead atoms. The van der Waals surface area contributed by atoms with Crippen LogP contribution in [0, 0.1) is 0 Å². The molecule has 2 nitrogen and oxygen atoms in total. The second kappa shape index (κ2) is 11.0. The maximum Gasteiger partial charge on any atom is 0.203 e. The molecule has 0 saturated carbocycles. The fourth-order valence-electron chi connectivity index (χ4n) is 7.70. The Kier molecular flexibility index (Phi) is 6.48. The van der Waals surface area contributed by atoms with Crippen LogP contribution in [0.25, 0.3) is 22.3 Å². The fraction of sp³-hybridized carbons (Fsp3) is 0.0455. The normalized spacial score (nSPS) is 13.1. The second-order valence-corrected chi connectivity index (χ2v) is 13.2. The van der Waals surface area contributed by atoms with Gasteiger partial charge in [0.25, 0.3) is 0 Å². The molecule has 0 fully saturated rings. The van der Waals surface area contributed by atoms with E-state index < -0.39 is 0 Å². The summed E-state index contributed by atoms with van der Waals surface area (Å²) in [4.78, 5) is 31.4. The van der Waals surface area contributed by atoms with E-state index in [2.05, 4.69) is 97.1 Å². The molecule has 0 aliphatic heterocycles. The highest BCUT2D eigenvalue weighted by Crippen LogP contribution is 2.56. The molecule has 2 aliphatic carbocycles. The van der Waals surface area contributed by atoms with Crippen molar-refractivity contribution in [3.05, 3.63) is 212 Å². The molecule has 222 valence electrons. The summed E-state index contributed by atoms with van der Waals surface area (Å²) >= 11 is 1.50. The van der Waals surface area contributed by atoms with Gasteiger partial charge in [0.1, 0.15) is 0 Å². The fourth-order valence-corrected chi connectivity index (χ4v) is 9.14. The van der Waals surface area contributed by atoms with Crippen LogP contribution in [0.1, 0.15) is 75.7 Å². The van der Waals surface area contributed by atoms with Crippen LogP contribution >= 0.6 is 11.3 Å². The van der Waals surface area contributed by atoms with Gasteiger partial charge in [0.15, 0.2) is 5.78 Å². The molecule has 0 spiro atoms. The third-order valence-corrected chi connectivity index (χ3v) is 11.0. The summed E-state index contributed by atoms with van der Waals surface area (Å²) in [5.41, 5.74) is 11.9. The van der Waals surface area contributed by atoms with Gasteiger partial charge in [-0.15, -0.1) is 11.3 Å². The highest BCUT2D eigenvalue weighted by atomic mass is 32.1. The predicted octanol–water partition coefficient (Wildman–Crippen LogP) is 10.5. The van der Waals surface area contributed by atoms with E-state index in [1.807, 2.05) is 60.7 Å². The Hall–Kier alpha value is -5.64. The third-order valence-electron chi connectivity index (χ3n) is 9.70. The molecule has 1 aromatic heterocycles. The summed E-state index contributed by atoms with van der Waals surface area (Å²) in [6.45, 7) is 0. The van der Waals surface area contributed by atoms with Gasteiger partial charge in [0.05, 0.1) is 4.88 Å². The number of carbonyl (C=O) groups is 2. The molecular formula is C44H28O2S. The molecule has 0 N–H and O–H groups in total. The van der Waals surface area contributed by atoms with E-state index >= 15 is 4.79 Å². The first-order chi connectivity index (χ1) is 23.2. The first-order valence-electron chi connectivity index (χ1n) is 15.9. The lowest BCUT2D eigenvalue weighted by Crippen LogP contribution is -2.14. The van der Waals surface area contributed by atoms with Gasteiger partial charge in [-0.2, -0.15) is 0 Å². The first-order valence-corrected chi connectivity index (χ1v) is 16.7. The molecular weight excluding hydrogens is 593 g/mol. The molecule has 0 radical (unpaired) electrons. The number of hydrogen-bond donors (Lipinski definition) is 0. The summed E-state index contributed by atoms with van der Waals surface area (Å²) in [5.74, 6) is -0.564. The zero-order chi connectivity index (χ0) is 31.5. The van der Waals surface area contributed by atoms with E-state index in [0.29, 0.717) is 21.6 Å². The van der Waals surface area contributed by atoms with Crippen LogP contribution < -0.4 is 0 Å². The molecule has 0 saturated heterocycles. The van der Waals surface area contributed by atoms with Crippen LogP contribution in [0.2, 0.25) is 0 Å². The average Bonchev–Trinajstić information content (AvgIpc) is 3.79. The summed E-state index contributed by atoms with van der Waals surface area (Å²) in [5, 5.41) is 0. The molecule has 3 heteroatoms. The number of benzene rings is 6. The van der Waals surface area contributed by atoms with Gasteiger partial charge in [-0.25, -0.2) is 0 Å². The van der Waals surface area contributed by atoms with Gasteiger partial charge in [-0.3, -0.25) is 9.59 Å². The molecule has 9 rings (SSSR count). The smallest absolute Gasteiger partial charge is 0.203 e. The quantitative estimate of drug-likeness (QED) is 0.173. The van der Waals surface area contributed by atoms with Crippen molar-refractivity contribution in [2.24, 2.45) is 0 Å². The van der Waals surface area contributed by atoms with E-state index in [1.165, 1.54) is 22.5 Å². The number of carbonyl (C=O) groups excluding carboxylic acids is 2. The van der Waals surface area contributed by atoms with E-state index in [9.17, 15) is 4.79 Å². The summed E-state index contributed by atoms with van der Waals surface area (Å²) in [6.07, 6.45) is 0. The SMILES string of the molecule is O=C(c1ccccc1)c1sc(C2c3ccccc3-c3ccccc32)c(C(=O)c2ccccc2)c1C1c2ccccc2-c2ccccc21. The standard InChI is InChI=1S/C44H28O2S/c45-41(27-15-3-1-4-16-27)40-39(37-33-23-11-7-19-29(33)30-20-8-12-24-34(30)37)44(42(46)28-17-5-2-6-18-28)47-43(40)38-35-25-13-9-21-31(35)32-22-10-14-26-36(32)38/h1-26,37-38H. The maximum atomic E-state index is 15.1. The number of thiophene rings is 1. The van der Waals surface area contributed by atoms with E-state index in [4.69, 9.17) is 0 Å². The summed E-state index contributed by atoms with van der Waals surface area (Å²) < 4.78 is 0. The number of ketones is 2. The van der Waals surface area contributed by atoms with Crippen molar-refractivity contribution in [3.63, 3.8) is 0 Å². The van der Waals surface area contributed by atoms with Crippen molar-refractivity contribution in [3.8, 4) is 22.3 Å². The zero-order valence-electron chi connectivity index (χ0n) is 25.4. The highest BCUT2D eigenvalue weighted by molar-refractivity contribution is 7.15. The Bertz CT molecular complexity index is 2260. The molecule has 6 aromatic carbocycles. The number of rotatable bonds is 6. The minimum atomic E-state index is -0.274. The van der Waals surface area contributed by atoms with E-state index in [-0.39, 0.29) is 23.4 Å². The van der Waals surface area contributed by atoms with Crippen molar-refractivity contribution in [1.82, 2.24) is 0 Å². The third kappa shape index (κ3) is 4.24. The van der Waals surface area contributed by atoms with Gasteiger partial charge in [0.2, 0.25) is 5.78 Å². The van der Waals surface area contributed by atoms with Crippen molar-refractivity contribution < 1.29 is 9.59 Å². The molecule has 47 heavy (non-hydrogen) atoms. The Morgan fingerprint density at radius 3 is 1.21 bits per heavy atom. The van der Waals surface area contributed by atoms with Gasteiger partial charge in [0, 0.05) is 33.4 Å². The molecule has 0 unspecified atom stereocenters. The Balaban J connectivity index is 1.41. The van der Waals surface area contributed by atoms with Crippen LogP contribution in [0.5, 0.6) is 0 Å². The second-order valence-electron chi connectivity index (χ2n) is 12.2. The lowest BCUT2D eigenvalue weighted by molar-refractivity contribution is 0.103. The minimum absolute atomic E-state index is 0.0531. The van der Waals surface area contributed by atoms with Gasteiger partial charge < -0.3 is 0 Å². The number of hydrogen-bond acceptors (Lipinski definition) is 3. The van der Waals surface area contributed by atoms with E-state index in [1.54, 1.807) is 0 Å². The first kappa shape index (κ1) is 27.7. The van der Waals surface area contributed by atoms with Crippen molar-refractivity contribution in [2.75, 3.05) is 0 Å². The number of fused-ring (bicyclic) bond motifs is 6. The minimum Gasteiger partial charge on any atom is -0.289 e. The highest BCUT2D eigenvalue weighted by Gasteiger charge is 2.42. The van der Waals surface area contributed by atoms with Crippen LogP contribution in [-0.4, -0.2) is 11.6 Å². The molecule has 0 amide bonds. The van der Waals surface area contributed by atoms with Crippen LogP contribution in [0.4, 0.5) is 0 Å². The predicted molar refractivity (Wildman–Crippen MR) is 190 cm³/mol. The van der Waals surface area contributed by atoms with Crippen molar-refractivity contribution in [2.45, 2.75) is 11.8 Å². The van der Waals surface area contributed by atoms with Crippen molar-refractivity contribution >= 4 is 22.9 Å². The van der Waals surface area contributed by atoms with Crippen LogP contribution in [0.15, 0.2) is 158 Å². The molecule has 0 atom stereocenters. The summed E-state index contributed by atoms with van der Waals surface area (Å²) in [6, 6.07) is 52.9. The largest absolute Gasteiger partial charge is 0.289 e. The summed E-state index contributed by atoms with van der Waals surface area (Å²) in [7, 11) is 0. The monoisotopic (exact) mass is 620 g/mol. The van der Waals surface area contributed by atoms with E-state index in [0.717, 1.165) is 43.8 Å². The maximum absolute atomic E-state index is 15.1. The lowest BCUT2D eigenvalue weighted by Gasteiger charge is -2.19. The zero-order valence-corrected chi connectivity index (χ0v) is 26.2. The topological polar surface area (TPSA) is 34.1 Å². The van der Waals surface area contributed by atoms with Crippen LogP contribution in [-0.2, 0) is 0 Å². The average molecular weight is 621 g/mol. The van der Waals surface area contributed by atoms with Gasteiger partial charge in [-0.05, 0) is 50.1 Å². The molecule has 2 aliphatic rings. The Labute approximate surface area is 277 Å². The molecule has 7 aromatic rings.